The number of anilines is 4. The fourth-order valence-electron chi connectivity index (χ4n) is 2.10. The predicted molar refractivity (Wildman–Crippen MR) is 98.5 cm³/mol. The number of carboxylic acid groups (broad SMARTS) is 1. The van der Waals surface area contributed by atoms with E-state index in [0.717, 1.165) is 0 Å². The van der Waals surface area contributed by atoms with Crippen LogP contribution >= 0.6 is 0 Å². The molecule has 2 aromatic heterocycles. The number of nitrogens with zero attached hydrogens (tertiary/aromatic N) is 3. The predicted octanol–water partition coefficient (Wildman–Crippen LogP) is 1.65. The van der Waals surface area contributed by atoms with E-state index in [9.17, 15) is 9.59 Å². The second-order valence-electron chi connectivity index (χ2n) is 5.29. The number of hydrazine groups is 1. The molecule has 0 aliphatic carbocycles. The molecule has 0 saturated heterocycles. The van der Waals surface area contributed by atoms with Crippen molar-refractivity contribution in [1.29, 1.82) is 0 Å². The second kappa shape index (κ2) is 7.78. The number of aromatic nitrogens is 3. The molecular weight excluding hydrogens is 350 g/mol. The van der Waals surface area contributed by atoms with Crippen molar-refractivity contribution in [2.75, 3.05) is 16.5 Å². The van der Waals surface area contributed by atoms with Gasteiger partial charge in [-0.25, -0.2) is 14.8 Å². The fourth-order valence-corrected chi connectivity index (χ4v) is 2.10. The number of pyridine rings is 1. The minimum absolute atomic E-state index is 0.163. The molecule has 0 spiro atoms. The summed E-state index contributed by atoms with van der Waals surface area (Å²) in [4.78, 5) is 34.9. The maximum atomic E-state index is 12.0. The van der Waals surface area contributed by atoms with E-state index in [1.165, 1.54) is 24.7 Å². The van der Waals surface area contributed by atoms with Gasteiger partial charge in [0.25, 0.3) is 5.91 Å². The first-order valence-corrected chi connectivity index (χ1v) is 7.73. The number of aromatic carboxylic acids is 1. The van der Waals surface area contributed by atoms with Crippen molar-refractivity contribution < 1.29 is 14.7 Å². The molecule has 3 aromatic rings. The summed E-state index contributed by atoms with van der Waals surface area (Å²) in [6, 6.07) is 11.0. The largest absolute Gasteiger partial charge is 0.478 e. The standard InChI is InChI=1S/C17H15N7O3/c18-13-14(22-11-6-4-10(5-7-11)17(26)27)20-9-21-15(13)23-24-16(25)12-3-1-2-8-19-12/h1-9H,18H2,(H,24,25)(H,26,27)(H2,20,21,22,23). The molecule has 136 valence electrons. The van der Waals surface area contributed by atoms with Crippen molar-refractivity contribution in [3.63, 3.8) is 0 Å². The highest BCUT2D eigenvalue weighted by Gasteiger charge is 2.11. The summed E-state index contributed by atoms with van der Waals surface area (Å²) in [6.07, 6.45) is 2.77. The quantitative estimate of drug-likeness (QED) is 0.410. The van der Waals surface area contributed by atoms with Gasteiger partial charge >= 0.3 is 5.97 Å². The minimum atomic E-state index is -1.02. The second-order valence-corrected chi connectivity index (χ2v) is 5.29. The van der Waals surface area contributed by atoms with E-state index < -0.39 is 11.9 Å². The van der Waals surface area contributed by atoms with Crippen LogP contribution < -0.4 is 21.9 Å². The summed E-state index contributed by atoms with van der Waals surface area (Å²) >= 11 is 0. The highest BCUT2D eigenvalue weighted by molar-refractivity contribution is 5.93. The van der Waals surface area contributed by atoms with Gasteiger partial charge in [-0.05, 0) is 36.4 Å². The zero-order valence-corrected chi connectivity index (χ0v) is 13.9. The lowest BCUT2D eigenvalue weighted by molar-refractivity contribution is 0.0696. The normalized spacial score (nSPS) is 10.1. The summed E-state index contributed by atoms with van der Waals surface area (Å²) in [5.74, 6) is -0.979. The van der Waals surface area contributed by atoms with E-state index in [0.29, 0.717) is 11.5 Å². The van der Waals surface area contributed by atoms with Crippen LogP contribution in [0.1, 0.15) is 20.8 Å². The first kappa shape index (κ1) is 17.6. The van der Waals surface area contributed by atoms with Crippen LogP contribution in [-0.4, -0.2) is 31.9 Å². The Hall–Kier alpha value is -4.21. The lowest BCUT2D eigenvalue weighted by Crippen LogP contribution is -2.31. The molecule has 3 rings (SSSR count). The van der Waals surface area contributed by atoms with Gasteiger partial charge in [0.15, 0.2) is 11.6 Å². The number of carbonyl (C=O) groups excluding carboxylic acids is 1. The van der Waals surface area contributed by atoms with Gasteiger partial charge in [0.2, 0.25) is 0 Å². The number of carboxylic acids is 1. The summed E-state index contributed by atoms with van der Waals surface area (Å²) < 4.78 is 0. The van der Waals surface area contributed by atoms with Crippen LogP contribution in [0.2, 0.25) is 0 Å². The number of amides is 1. The molecule has 0 aliphatic heterocycles. The lowest BCUT2D eigenvalue weighted by atomic mass is 10.2. The van der Waals surface area contributed by atoms with Crippen LogP contribution in [0, 0.1) is 0 Å². The molecule has 0 saturated carbocycles. The summed E-state index contributed by atoms with van der Waals surface area (Å²) in [6.45, 7) is 0. The van der Waals surface area contributed by atoms with E-state index in [1.54, 1.807) is 30.3 Å². The zero-order valence-electron chi connectivity index (χ0n) is 13.9. The molecule has 0 atom stereocenters. The third-order valence-electron chi connectivity index (χ3n) is 3.47. The maximum Gasteiger partial charge on any atom is 0.335 e. The Labute approximate surface area is 153 Å². The summed E-state index contributed by atoms with van der Waals surface area (Å²) in [5, 5.41) is 11.9. The molecule has 0 fully saturated rings. The van der Waals surface area contributed by atoms with Crippen molar-refractivity contribution in [2.45, 2.75) is 0 Å². The average molecular weight is 365 g/mol. The Bertz CT molecular complexity index is 962. The van der Waals surface area contributed by atoms with E-state index in [1.807, 2.05) is 0 Å². The zero-order chi connectivity index (χ0) is 19.2. The summed E-state index contributed by atoms with van der Waals surface area (Å²) in [7, 11) is 0. The van der Waals surface area contributed by atoms with E-state index in [4.69, 9.17) is 10.8 Å². The maximum absolute atomic E-state index is 12.0. The van der Waals surface area contributed by atoms with Crippen LogP contribution in [0.4, 0.5) is 23.0 Å². The monoisotopic (exact) mass is 365 g/mol. The van der Waals surface area contributed by atoms with Crippen LogP contribution in [0.15, 0.2) is 55.0 Å². The highest BCUT2D eigenvalue weighted by atomic mass is 16.4. The minimum Gasteiger partial charge on any atom is -0.478 e. The van der Waals surface area contributed by atoms with Crippen molar-refractivity contribution in [2.24, 2.45) is 0 Å². The van der Waals surface area contributed by atoms with Crippen molar-refractivity contribution >= 4 is 34.9 Å². The number of benzene rings is 1. The number of nitrogens with two attached hydrogens (primary N) is 1. The molecule has 1 amide bonds. The molecule has 10 heteroatoms. The van der Waals surface area contributed by atoms with E-state index >= 15 is 0 Å². The van der Waals surface area contributed by atoms with Crippen molar-refractivity contribution in [3.05, 3.63) is 66.2 Å². The molecule has 0 aliphatic rings. The number of nitrogens with one attached hydrogen (secondary N) is 3. The molecule has 1 aromatic carbocycles. The Morgan fingerprint density at radius 3 is 2.37 bits per heavy atom. The van der Waals surface area contributed by atoms with Gasteiger partial charge in [-0.1, -0.05) is 6.07 Å². The molecule has 2 heterocycles. The van der Waals surface area contributed by atoms with Gasteiger partial charge in [-0.2, -0.15) is 0 Å². The highest BCUT2D eigenvalue weighted by Crippen LogP contribution is 2.25. The Morgan fingerprint density at radius 1 is 0.963 bits per heavy atom. The third-order valence-corrected chi connectivity index (χ3v) is 3.47. The Morgan fingerprint density at radius 2 is 1.70 bits per heavy atom. The first-order chi connectivity index (χ1) is 13.0. The van der Waals surface area contributed by atoms with Gasteiger partial charge in [-0.15, -0.1) is 0 Å². The van der Waals surface area contributed by atoms with Gasteiger partial charge in [0, 0.05) is 11.9 Å². The van der Waals surface area contributed by atoms with Gasteiger partial charge < -0.3 is 16.2 Å². The first-order valence-electron chi connectivity index (χ1n) is 7.73. The number of rotatable bonds is 6. The molecule has 6 N–H and O–H groups in total. The van der Waals surface area contributed by atoms with E-state index in [-0.39, 0.29) is 22.8 Å². The van der Waals surface area contributed by atoms with Gasteiger partial charge in [-0.3, -0.25) is 20.6 Å². The number of hydrogen-bond acceptors (Lipinski definition) is 8. The van der Waals surface area contributed by atoms with Crippen LogP contribution in [0.5, 0.6) is 0 Å². The average Bonchev–Trinajstić information content (AvgIpc) is 2.69. The summed E-state index contributed by atoms with van der Waals surface area (Å²) in [5.41, 5.74) is 12.3. The molecular formula is C17H15N7O3. The van der Waals surface area contributed by atoms with Crippen molar-refractivity contribution in [1.82, 2.24) is 20.4 Å². The number of nitrogen functional groups attached to an aromatic ring is 1. The van der Waals surface area contributed by atoms with E-state index in [2.05, 4.69) is 31.1 Å². The van der Waals surface area contributed by atoms with Gasteiger partial charge in [0.05, 0.1) is 5.56 Å². The van der Waals surface area contributed by atoms with Crippen LogP contribution in [0.25, 0.3) is 0 Å². The van der Waals surface area contributed by atoms with Crippen molar-refractivity contribution in [3.8, 4) is 0 Å². The number of carbonyl (C=O) groups is 2. The van der Waals surface area contributed by atoms with Crippen LogP contribution in [-0.2, 0) is 0 Å². The molecule has 10 nitrogen and oxygen atoms in total. The Balaban J connectivity index is 1.70. The SMILES string of the molecule is Nc1c(NNC(=O)c2ccccn2)ncnc1Nc1ccc(C(=O)O)cc1. The molecule has 27 heavy (non-hydrogen) atoms. The molecule has 0 radical (unpaired) electrons. The Kier molecular flexibility index (Phi) is 5.07. The lowest BCUT2D eigenvalue weighted by Gasteiger charge is -2.13. The fraction of sp³-hybridized carbons (Fsp3) is 0. The number of hydrogen-bond donors (Lipinski definition) is 5. The third kappa shape index (κ3) is 4.25. The topological polar surface area (TPSA) is 155 Å². The molecule has 0 unspecified atom stereocenters. The molecule has 0 bridgehead atoms. The van der Waals surface area contributed by atoms with Crippen LogP contribution in [0.3, 0.4) is 0 Å². The smallest absolute Gasteiger partial charge is 0.335 e. The van der Waals surface area contributed by atoms with Gasteiger partial charge in [0.1, 0.15) is 17.7 Å².